The number of fused-ring (bicyclic) bond motifs is 1. The van der Waals surface area contributed by atoms with Crippen LogP contribution in [0.3, 0.4) is 0 Å². The van der Waals surface area contributed by atoms with Crippen LogP contribution in [0.15, 0.2) is 12.1 Å². The summed E-state index contributed by atoms with van der Waals surface area (Å²) in [6, 6.07) is 0.0425. The smallest absolute Gasteiger partial charge is 0.364 e. The van der Waals surface area contributed by atoms with Crippen LogP contribution in [0.25, 0.3) is 0 Å². The van der Waals surface area contributed by atoms with E-state index in [9.17, 15) is 35.9 Å². The SMILES string of the molecule is NC(=O)c1nc(C(F)(F)F)n2c1CN(C(=O)CC(N)Cc1cc(F)c(F)cc1F)CC2. The zero-order chi connectivity index (χ0) is 23.1. The third kappa shape index (κ3) is 4.65. The molecule has 1 aliphatic heterocycles. The number of alkyl halides is 3. The maximum atomic E-state index is 13.8. The summed E-state index contributed by atoms with van der Waals surface area (Å²) in [7, 11) is 0. The summed E-state index contributed by atoms with van der Waals surface area (Å²) in [5.74, 6) is -6.67. The van der Waals surface area contributed by atoms with Crippen LogP contribution in [0.1, 0.15) is 34.0 Å². The molecule has 31 heavy (non-hydrogen) atoms. The van der Waals surface area contributed by atoms with E-state index >= 15 is 0 Å². The van der Waals surface area contributed by atoms with Gasteiger partial charge in [0.15, 0.2) is 17.3 Å². The molecule has 0 fully saturated rings. The molecular formula is C18H17F6N5O2. The Morgan fingerprint density at radius 1 is 1.10 bits per heavy atom. The van der Waals surface area contributed by atoms with Crippen LogP contribution in [0.5, 0.6) is 0 Å². The highest BCUT2D eigenvalue weighted by Crippen LogP contribution is 2.32. The van der Waals surface area contributed by atoms with Crippen molar-refractivity contribution in [2.75, 3.05) is 6.54 Å². The van der Waals surface area contributed by atoms with Crippen LogP contribution in [0.4, 0.5) is 26.3 Å². The molecule has 13 heteroatoms. The quantitative estimate of drug-likeness (QED) is 0.536. The lowest BCUT2D eigenvalue weighted by atomic mass is 10.0. The first-order chi connectivity index (χ1) is 14.4. The predicted octanol–water partition coefficient (Wildman–Crippen LogP) is 1.72. The number of halogens is 6. The monoisotopic (exact) mass is 449 g/mol. The Morgan fingerprint density at radius 2 is 1.74 bits per heavy atom. The van der Waals surface area contributed by atoms with Gasteiger partial charge in [-0.15, -0.1) is 0 Å². The fourth-order valence-corrected chi connectivity index (χ4v) is 3.42. The lowest BCUT2D eigenvalue weighted by molar-refractivity contribution is -0.148. The van der Waals surface area contributed by atoms with Crippen LogP contribution < -0.4 is 11.5 Å². The molecule has 2 amide bonds. The predicted molar refractivity (Wildman–Crippen MR) is 93.8 cm³/mol. The summed E-state index contributed by atoms with van der Waals surface area (Å²) < 4.78 is 80.4. The fraction of sp³-hybridized carbons (Fsp3) is 0.389. The number of amides is 2. The number of benzene rings is 1. The summed E-state index contributed by atoms with van der Waals surface area (Å²) in [4.78, 5) is 28.5. The summed E-state index contributed by atoms with van der Waals surface area (Å²) in [5, 5.41) is 0. The normalized spacial score (nSPS) is 15.0. The minimum absolute atomic E-state index is 0.115. The van der Waals surface area contributed by atoms with Crippen molar-refractivity contribution in [3.05, 3.63) is 52.4 Å². The lowest BCUT2D eigenvalue weighted by Crippen LogP contribution is -2.42. The number of nitrogens with two attached hydrogens (primary N) is 2. The number of primary amides is 1. The summed E-state index contributed by atoms with van der Waals surface area (Å²) >= 11 is 0. The first kappa shape index (κ1) is 22.6. The molecule has 0 radical (unpaired) electrons. The van der Waals surface area contributed by atoms with Gasteiger partial charge in [-0.05, 0) is 18.1 Å². The molecule has 1 aromatic heterocycles. The molecule has 1 aliphatic rings. The summed E-state index contributed by atoms with van der Waals surface area (Å²) in [6.07, 6.45) is -5.43. The molecule has 2 aromatic rings. The van der Waals surface area contributed by atoms with Gasteiger partial charge in [0.1, 0.15) is 5.82 Å². The van der Waals surface area contributed by atoms with E-state index in [-0.39, 0.29) is 43.7 Å². The number of imidazole rings is 1. The Hall–Kier alpha value is -3.09. The van der Waals surface area contributed by atoms with E-state index in [1.165, 1.54) is 4.90 Å². The van der Waals surface area contributed by atoms with Gasteiger partial charge < -0.3 is 20.9 Å². The van der Waals surface area contributed by atoms with Gasteiger partial charge in [0.25, 0.3) is 5.91 Å². The van der Waals surface area contributed by atoms with Crippen LogP contribution in [-0.2, 0) is 30.5 Å². The molecule has 168 valence electrons. The van der Waals surface area contributed by atoms with Crippen molar-refractivity contribution in [2.45, 2.75) is 38.1 Å². The van der Waals surface area contributed by atoms with Gasteiger partial charge in [-0.2, -0.15) is 13.2 Å². The van der Waals surface area contributed by atoms with Crippen molar-refractivity contribution < 1.29 is 35.9 Å². The van der Waals surface area contributed by atoms with Gasteiger partial charge in [-0.25, -0.2) is 18.2 Å². The second kappa shape index (κ2) is 8.21. The first-order valence-electron chi connectivity index (χ1n) is 9.01. The van der Waals surface area contributed by atoms with E-state index in [2.05, 4.69) is 4.98 Å². The molecule has 7 nitrogen and oxygen atoms in total. The molecule has 0 bridgehead atoms. The van der Waals surface area contributed by atoms with Gasteiger partial charge >= 0.3 is 6.18 Å². The first-order valence-corrected chi connectivity index (χ1v) is 9.01. The number of hydrogen-bond acceptors (Lipinski definition) is 4. The largest absolute Gasteiger partial charge is 0.449 e. The third-order valence-corrected chi connectivity index (χ3v) is 4.85. The highest BCUT2D eigenvalue weighted by atomic mass is 19.4. The molecule has 0 spiro atoms. The molecule has 4 N–H and O–H groups in total. The number of carbonyl (C=O) groups is 2. The van der Waals surface area contributed by atoms with E-state index in [0.29, 0.717) is 12.1 Å². The van der Waals surface area contributed by atoms with E-state index in [0.717, 1.165) is 4.57 Å². The van der Waals surface area contributed by atoms with Gasteiger partial charge in [0, 0.05) is 31.6 Å². The number of rotatable bonds is 5. The van der Waals surface area contributed by atoms with Crippen LogP contribution in [0.2, 0.25) is 0 Å². The Kier molecular flexibility index (Phi) is 5.98. The minimum atomic E-state index is -4.81. The molecule has 1 unspecified atom stereocenters. The van der Waals surface area contributed by atoms with Gasteiger partial charge in [-0.3, -0.25) is 9.59 Å². The third-order valence-electron chi connectivity index (χ3n) is 4.85. The van der Waals surface area contributed by atoms with Crippen molar-refractivity contribution in [1.82, 2.24) is 14.5 Å². The topological polar surface area (TPSA) is 107 Å². The van der Waals surface area contributed by atoms with E-state index < -0.39 is 53.0 Å². The number of hydrogen-bond donors (Lipinski definition) is 2. The van der Waals surface area contributed by atoms with Crippen LogP contribution in [-0.4, -0.2) is 38.9 Å². The second-order valence-electron chi connectivity index (χ2n) is 7.09. The highest BCUT2D eigenvalue weighted by molar-refractivity contribution is 5.92. The van der Waals surface area contributed by atoms with Gasteiger partial charge in [0.2, 0.25) is 11.7 Å². The lowest BCUT2D eigenvalue weighted by Gasteiger charge is -2.30. The molecular weight excluding hydrogens is 432 g/mol. The highest BCUT2D eigenvalue weighted by Gasteiger charge is 2.41. The summed E-state index contributed by atoms with van der Waals surface area (Å²) in [5.41, 5.74) is 10.00. The zero-order valence-corrected chi connectivity index (χ0v) is 15.8. The Balaban J connectivity index is 1.73. The average molecular weight is 449 g/mol. The molecule has 0 saturated heterocycles. The Labute approximate surface area is 171 Å². The molecule has 1 atom stereocenters. The number of aromatic nitrogens is 2. The van der Waals surface area contributed by atoms with Crippen LogP contribution >= 0.6 is 0 Å². The van der Waals surface area contributed by atoms with Gasteiger partial charge in [0.05, 0.1) is 12.2 Å². The molecule has 2 heterocycles. The van der Waals surface area contributed by atoms with Crippen molar-refractivity contribution in [1.29, 1.82) is 0 Å². The van der Waals surface area contributed by atoms with E-state index in [4.69, 9.17) is 11.5 Å². The fourth-order valence-electron chi connectivity index (χ4n) is 3.42. The standard InChI is InChI=1S/C18H17F6N5O2/c19-10-6-12(21)11(20)4-8(10)3-9(25)5-14(30)28-1-2-29-13(7-28)15(16(26)31)27-17(29)18(22,23)24/h4,6,9H,1-3,5,7,25H2,(H2,26,31). The van der Waals surface area contributed by atoms with Crippen molar-refractivity contribution >= 4 is 11.8 Å². The maximum Gasteiger partial charge on any atom is 0.449 e. The maximum absolute atomic E-state index is 13.8. The van der Waals surface area contributed by atoms with Gasteiger partial charge in [-0.1, -0.05) is 0 Å². The minimum Gasteiger partial charge on any atom is -0.364 e. The molecule has 1 aromatic carbocycles. The molecule has 0 saturated carbocycles. The Bertz CT molecular complexity index is 1040. The van der Waals surface area contributed by atoms with E-state index in [1.807, 2.05) is 0 Å². The van der Waals surface area contributed by atoms with Crippen molar-refractivity contribution in [2.24, 2.45) is 11.5 Å². The van der Waals surface area contributed by atoms with E-state index in [1.54, 1.807) is 0 Å². The number of nitrogens with zero attached hydrogens (tertiary/aromatic N) is 3. The molecule has 0 aliphatic carbocycles. The molecule has 3 rings (SSSR count). The second-order valence-corrected chi connectivity index (χ2v) is 7.09. The summed E-state index contributed by atoms with van der Waals surface area (Å²) in [6.45, 7) is -0.745. The van der Waals surface area contributed by atoms with Crippen LogP contribution in [0, 0.1) is 17.5 Å². The van der Waals surface area contributed by atoms with Crippen molar-refractivity contribution in [3.63, 3.8) is 0 Å². The Morgan fingerprint density at radius 3 is 2.35 bits per heavy atom. The zero-order valence-electron chi connectivity index (χ0n) is 15.8. The average Bonchev–Trinajstić information content (AvgIpc) is 3.05. The number of carbonyl (C=O) groups excluding carboxylic acids is 2. The van der Waals surface area contributed by atoms with Crippen molar-refractivity contribution in [3.8, 4) is 0 Å².